The van der Waals surface area contributed by atoms with E-state index in [0.29, 0.717) is 0 Å². The monoisotopic (exact) mass is 118 g/mol. The van der Waals surface area contributed by atoms with Crippen LogP contribution >= 0.6 is 0 Å². The quantitative estimate of drug-likeness (QED) is 0.278. The van der Waals surface area contributed by atoms with Gasteiger partial charge < -0.3 is 9.84 Å². The van der Waals surface area contributed by atoms with E-state index in [2.05, 4.69) is 4.74 Å². The molecule has 0 fully saturated rings. The molecule has 8 heavy (non-hydrogen) atoms. The van der Waals surface area contributed by atoms with E-state index < -0.39 is 12.1 Å². The fraction of sp³-hybridized carbons (Fsp3) is 0.500. The molecule has 0 heterocycles. The third-order valence-corrected chi connectivity index (χ3v) is 0.572. The van der Waals surface area contributed by atoms with Gasteiger partial charge in [0.15, 0.2) is 6.29 Å². The third-order valence-electron chi connectivity index (χ3n) is 0.572. The van der Waals surface area contributed by atoms with Crippen molar-refractivity contribution in [3.63, 3.8) is 0 Å². The second-order valence-electron chi connectivity index (χ2n) is 1.10. The average molecular weight is 118 g/mol. The first-order valence-electron chi connectivity index (χ1n) is 1.93. The van der Waals surface area contributed by atoms with Crippen molar-refractivity contribution in [2.24, 2.45) is 0 Å². The van der Waals surface area contributed by atoms with Crippen molar-refractivity contribution < 1.29 is 19.4 Å². The van der Waals surface area contributed by atoms with Crippen LogP contribution in [0.4, 0.5) is 0 Å². The molecule has 0 rings (SSSR count). The van der Waals surface area contributed by atoms with Crippen LogP contribution in [0.3, 0.4) is 0 Å². The lowest BCUT2D eigenvalue weighted by Crippen LogP contribution is -2.22. The molecule has 1 N–H and O–H groups in total. The van der Waals surface area contributed by atoms with E-state index in [0.717, 1.165) is 7.11 Å². The zero-order valence-electron chi connectivity index (χ0n) is 4.33. The Kier molecular flexibility index (Phi) is 2.79. The Morgan fingerprint density at radius 1 is 1.88 bits per heavy atom. The molecule has 0 unspecified atom stereocenters. The van der Waals surface area contributed by atoms with Gasteiger partial charge in [0, 0.05) is 0 Å². The first-order valence-corrected chi connectivity index (χ1v) is 1.93. The molecular formula is C4H6O4. The number of carbonyl (C=O) groups excluding carboxylic acids is 2. The van der Waals surface area contributed by atoms with Gasteiger partial charge in [-0.05, 0) is 0 Å². The van der Waals surface area contributed by atoms with Crippen molar-refractivity contribution in [1.29, 1.82) is 0 Å². The van der Waals surface area contributed by atoms with Crippen LogP contribution in [0.25, 0.3) is 0 Å². The molecule has 46 valence electrons. The van der Waals surface area contributed by atoms with Crippen LogP contribution in [-0.4, -0.2) is 30.6 Å². The van der Waals surface area contributed by atoms with Crippen LogP contribution in [-0.2, 0) is 14.3 Å². The predicted molar refractivity (Wildman–Crippen MR) is 24.1 cm³/mol. The number of aldehydes is 1. The Hall–Kier alpha value is -0.900. The summed E-state index contributed by atoms with van der Waals surface area (Å²) in [6.07, 6.45) is -1.52. The van der Waals surface area contributed by atoms with Gasteiger partial charge in [0.25, 0.3) is 0 Å². The van der Waals surface area contributed by atoms with Gasteiger partial charge in [-0.3, -0.25) is 4.79 Å². The molecule has 0 aliphatic heterocycles. The molecule has 0 spiro atoms. The lowest BCUT2D eigenvalue weighted by atomic mass is 10.4. The predicted octanol–water partition coefficient (Wildman–Crippen LogP) is -1.28. The van der Waals surface area contributed by atoms with E-state index in [-0.39, 0.29) is 6.29 Å². The maximum atomic E-state index is 10.0. The molecule has 0 aromatic carbocycles. The Balaban J connectivity index is 3.62. The largest absolute Gasteiger partial charge is 0.467 e. The van der Waals surface area contributed by atoms with E-state index >= 15 is 0 Å². The van der Waals surface area contributed by atoms with Crippen LogP contribution in [0.5, 0.6) is 0 Å². The highest BCUT2D eigenvalue weighted by atomic mass is 16.5. The summed E-state index contributed by atoms with van der Waals surface area (Å²) in [5.41, 5.74) is 0. The average Bonchev–Trinajstić information content (AvgIpc) is 1.84. The SMILES string of the molecule is COC(=O)[C@@H](O)C=O. The number of methoxy groups -OCH3 is 1. The minimum atomic E-state index is -1.63. The van der Waals surface area contributed by atoms with E-state index in [1.807, 2.05) is 0 Å². The number of aliphatic hydroxyl groups excluding tert-OH is 1. The molecule has 0 amide bonds. The summed E-state index contributed by atoms with van der Waals surface area (Å²) in [6.45, 7) is 0. The normalized spacial score (nSPS) is 12.2. The molecule has 4 heteroatoms. The Labute approximate surface area is 46.1 Å². The molecule has 0 saturated carbocycles. The molecule has 0 radical (unpaired) electrons. The van der Waals surface area contributed by atoms with Crippen molar-refractivity contribution in [3.05, 3.63) is 0 Å². The van der Waals surface area contributed by atoms with E-state index in [4.69, 9.17) is 5.11 Å². The molecule has 0 saturated heterocycles. The summed E-state index contributed by atoms with van der Waals surface area (Å²) >= 11 is 0. The van der Waals surface area contributed by atoms with Gasteiger partial charge in [-0.15, -0.1) is 0 Å². The van der Waals surface area contributed by atoms with Crippen LogP contribution in [0.2, 0.25) is 0 Å². The van der Waals surface area contributed by atoms with Gasteiger partial charge in [-0.25, -0.2) is 4.79 Å². The van der Waals surface area contributed by atoms with E-state index in [9.17, 15) is 9.59 Å². The summed E-state index contributed by atoms with van der Waals surface area (Å²) in [6, 6.07) is 0. The van der Waals surface area contributed by atoms with Gasteiger partial charge in [-0.2, -0.15) is 0 Å². The number of rotatable bonds is 2. The fourth-order valence-electron chi connectivity index (χ4n) is 0.176. The Morgan fingerprint density at radius 2 is 2.38 bits per heavy atom. The van der Waals surface area contributed by atoms with Gasteiger partial charge in [-0.1, -0.05) is 0 Å². The number of carbonyl (C=O) groups is 2. The van der Waals surface area contributed by atoms with Crippen LogP contribution in [0, 0.1) is 0 Å². The Morgan fingerprint density at radius 3 is 2.50 bits per heavy atom. The van der Waals surface area contributed by atoms with Gasteiger partial charge in [0.05, 0.1) is 7.11 Å². The van der Waals surface area contributed by atoms with Crippen LogP contribution in [0.15, 0.2) is 0 Å². The number of hydrogen-bond acceptors (Lipinski definition) is 4. The molecular weight excluding hydrogens is 112 g/mol. The molecule has 0 aromatic rings. The standard InChI is InChI=1S/C4H6O4/c1-8-4(7)3(6)2-5/h2-3,6H,1H3/t3-/m0/s1. The molecule has 0 aliphatic carbocycles. The number of aliphatic hydroxyl groups is 1. The minimum absolute atomic E-state index is 0.103. The molecule has 0 aromatic heterocycles. The molecule has 4 nitrogen and oxygen atoms in total. The second-order valence-corrected chi connectivity index (χ2v) is 1.10. The number of ether oxygens (including phenoxy) is 1. The highest BCUT2D eigenvalue weighted by Gasteiger charge is 2.11. The van der Waals surface area contributed by atoms with E-state index in [1.54, 1.807) is 0 Å². The van der Waals surface area contributed by atoms with Gasteiger partial charge in [0.1, 0.15) is 0 Å². The zero-order chi connectivity index (χ0) is 6.57. The first-order chi connectivity index (χ1) is 3.72. The van der Waals surface area contributed by atoms with Crippen molar-refractivity contribution >= 4 is 12.3 Å². The maximum absolute atomic E-state index is 10.0. The van der Waals surface area contributed by atoms with Gasteiger partial charge >= 0.3 is 5.97 Å². The van der Waals surface area contributed by atoms with E-state index in [1.165, 1.54) is 0 Å². The fourth-order valence-corrected chi connectivity index (χ4v) is 0.176. The highest BCUT2D eigenvalue weighted by molar-refractivity contribution is 5.90. The number of hydrogen-bond donors (Lipinski definition) is 1. The van der Waals surface area contributed by atoms with Gasteiger partial charge in [0.2, 0.25) is 6.10 Å². The summed E-state index contributed by atoms with van der Waals surface area (Å²) in [7, 11) is 1.09. The summed E-state index contributed by atoms with van der Waals surface area (Å²) in [5, 5.41) is 8.28. The molecule has 0 bridgehead atoms. The minimum Gasteiger partial charge on any atom is -0.467 e. The molecule has 1 atom stereocenters. The topological polar surface area (TPSA) is 63.6 Å². The highest BCUT2D eigenvalue weighted by Crippen LogP contribution is 1.78. The Bertz CT molecular complexity index is 98.2. The lowest BCUT2D eigenvalue weighted by Gasteiger charge is -1.96. The van der Waals surface area contributed by atoms with Crippen LogP contribution in [0.1, 0.15) is 0 Å². The first kappa shape index (κ1) is 7.10. The number of esters is 1. The summed E-state index contributed by atoms with van der Waals surface area (Å²) in [5.74, 6) is -0.931. The van der Waals surface area contributed by atoms with Crippen LogP contribution < -0.4 is 0 Å². The van der Waals surface area contributed by atoms with Crippen molar-refractivity contribution in [1.82, 2.24) is 0 Å². The summed E-state index contributed by atoms with van der Waals surface area (Å²) < 4.78 is 3.98. The summed E-state index contributed by atoms with van der Waals surface area (Å²) in [4.78, 5) is 19.6. The lowest BCUT2D eigenvalue weighted by molar-refractivity contribution is -0.151. The second kappa shape index (κ2) is 3.15. The maximum Gasteiger partial charge on any atom is 0.342 e. The smallest absolute Gasteiger partial charge is 0.342 e. The van der Waals surface area contributed by atoms with Crippen molar-refractivity contribution in [2.45, 2.75) is 6.10 Å². The van der Waals surface area contributed by atoms with Crippen molar-refractivity contribution in [2.75, 3.05) is 7.11 Å². The van der Waals surface area contributed by atoms with Crippen molar-refractivity contribution in [3.8, 4) is 0 Å². The zero-order valence-corrected chi connectivity index (χ0v) is 4.33. The third kappa shape index (κ3) is 1.70. The molecule has 0 aliphatic rings.